The zero-order valence-electron chi connectivity index (χ0n) is 14.9. The van der Waals surface area contributed by atoms with E-state index in [0.29, 0.717) is 33.0 Å². The summed E-state index contributed by atoms with van der Waals surface area (Å²) >= 11 is 7.13. The first kappa shape index (κ1) is 19.7. The molecular weight excluding hydrogens is 398 g/mol. The number of hydrogen-bond acceptors (Lipinski definition) is 6. The van der Waals surface area contributed by atoms with E-state index in [2.05, 4.69) is 20.5 Å². The second-order valence-corrected chi connectivity index (χ2v) is 7.17. The molecule has 3 aromatic rings. The van der Waals surface area contributed by atoms with E-state index in [1.165, 1.54) is 11.8 Å². The van der Waals surface area contributed by atoms with Gasteiger partial charge in [0.25, 0.3) is 0 Å². The maximum Gasteiger partial charge on any atom is 0.234 e. The van der Waals surface area contributed by atoms with Gasteiger partial charge in [0.2, 0.25) is 11.1 Å². The molecule has 0 saturated heterocycles. The number of rotatable bonds is 7. The van der Waals surface area contributed by atoms with Crippen molar-refractivity contribution in [2.75, 3.05) is 11.1 Å². The number of thioether (sulfide) groups is 1. The number of aromatic nitrogens is 3. The van der Waals surface area contributed by atoms with Gasteiger partial charge in [-0.1, -0.05) is 29.4 Å². The van der Waals surface area contributed by atoms with E-state index < -0.39 is 0 Å². The number of hydrogen-bond donors (Lipinski definition) is 2. The van der Waals surface area contributed by atoms with Gasteiger partial charge in [0.1, 0.15) is 12.4 Å². The van der Waals surface area contributed by atoms with Gasteiger partial charge in [-0.05, 0) is 48.9 Å². The Kier molecular flexibility index (Phi) is 6.53. The number of nitriles is 1. The van der Waals surface area contributed by atoms with Crippen LogP contribution in [-0.4, -0.2) is 26.8 Å². The molecule has 0 fully saturated rings. The van der Waals surface area contributed by atoms with Gasteiger partial charge in [-0.25, -0.2) is 4.98 Å². The van der Waals surface area contributed by atoms with Crippen LogP contribution in [0.15, 0.2) is 47.6 Å². The molecule has 142 valence electrons. The molecule has 0 radical (unpaired) electrons. The molecule has 0 aliphatic rings. The predicted octanol–water partition coefficient (Wildman–Crippen LogP) is 3.95. The molecule has 9 heteroatoms. The fourth-order valence-electron chi connectivity index (χ4n) is 2.32. The third kappa shape index (κ3) is 5.49. The van der Waals surface area contributed by atoms with E-state index in [-0.39, 0.29) is 18.3 Å². The monoisotopic (exact) mass is 413 g/mol. The Morgan fingerprint density at radius 1 is 1.36 bits per heavy atom. The topological polar surface area (TPSA) is 104 Å². The predicted molar refractivity (Wildman–Crippen MR) is 107 cm³/mol. The number of amides is 1. The number of carbonyl (C=O) groups excluding carboxylic acids is 1. The molecule has 0 saturated carbocycles. The fraction of sp³-hybridized carbons (Fsp3) is 0.158. The number of aryl methyl sites for hydroxylation is 1. The van der Waals surface area contributed by atoms with Crippen LogP contribution in [0.25, 0.3) is 0 Å². The van der Waals surface area contributed by atoms with Crippen molar-refractivity contribution < 1.29 is 9.53 Å². The highest BCUT2D eigenvalue weighted by Crippen LogP contribution is 2.22. The fourth-order valence-corrected chi connectivity index (χ4v) is 3.17. The second kappa shape index (κ2) is 9.26. The lowest BCUT2D eigenvalue weighted by Gasteiger charge is -2.07. The zero-order valence-corrected chi connectivity index (χ0v) is 16.5. The molecule has 28 heavy (non-hydrogen) atoms. The number of halogens is 1. The van der Waals surface area contributed by atoms with Crippen molar-refractivity contribution in [1.82, 2.24) is 15.2 Å². The third-order valence-corrected chi connectivity index (χ3v) is 4.70. The summed E-state index contributed by atoms with van der Waals surface area (Å²) in [5.74, 6) is 1.21. The first-order valence-electron chi connectivity index (χ1n) is 8.26. The third-order valence-electron chi connectivity index (χ3n) is 3.62. The highest BCUT2D eigenvalue weighted by atomic mass is 35.5. The molecule has 3 rings (SSSR count). The highest BCUT2D eigenvalue weighted by Gasteiger charge is 2.09. The molecule has 2 aromatic carbocycles. The van der Waals surface area contributed by atoms with E-state index in [0.717, 1.165) is 5.56 Å². The Balaban J connectivity index is 1.49. The first-order chi connectivity index (χ1) is 13.5. The number of benzene rings is 2. The van der Waals surface area contributed by atoms with Crippen LogP contribution in [0.5, 0.6) is 5.75 Å². The molecule has 0 aliphatic carbocycles. The summed E-state index contributed by atoms with van der Waals surface area (Å²) in [6.07, 6.45) is 0. The van der Waals surface area contributed by atoms with Crippen LogP contribution in [0.3, 0.4) is 0 Å². The van der Waals surface area contributed by atoms with Crippen molar-refractivity contribution >= 4 is 35.0 Å². The Morgan fingerprint density at radius 2 is 2.21 bits per heavy atom. The van der Waals surface area contributed by atoms with Crippen LogP contribution in [0.4, 0.5) is 5.69 Å². The van der Waals surface area contributed by atoms with Crippen LogP contribution in [-0.2, 0) is 11.4 Å². The molecule has 1 aromatic heterocycles. The zero-order chi connectivity index (χ0) is 19.9. The largest absolute Gasteiger partial charge is 0.485 e. The number of H-pyrrole nitrogens is 1. The number of anilines is 1. The lowest BCUT2D eigenvalue weighted by molar-refractivity contribution is -0.113. The maximum absolute atomic E-state index is 12.1. The minimum absolute atomic E-state index is 0.144. The van der Waals surface area contributed by atoms with E-state index in [1.54, 1.807) is 36.4 Å². The van der Waals surface area contributed by atoms with Crippen molar-refractivity contribution in [1.29, 1.82) is 5.26 Å². The minimum atomic E-state index is -0.209. The smallest absolute Gasteiger partial charge is 0.234 e. The molecule has 1 amide bonds. The maximum atomic E-state index is 12.1. The molecule has 0 unspecified atom stereocenters. The van der Waals surface area contributed by atoms with Gasteiger partial charge >= 0.3 is 0 Å². The van der Waals surface area contributed by atoms with Crippen LogP contribution < -0.4 is 10.1 Å². The van der Waals surface area contributed by atoms with E-state index in [1.807, 2.05) is 19.1 Å². The number of aromatic amines is 1. The molecule has 0 atom stereocenters. The Bertz CT molecular complexity index is 1030. The second-order valence-electron chi connectivity index (χ2n) is 5.79. The Hall–Kier alpha value is -3.02. The summed E-state index contributed by atoms with van der Waals surface area (Å²) in [6, 6.07) is 14.1. The van der Waals surface area contributed by atoms with Crippen molar-refractivity contribution in [2.24, 2.45) is 0 Å². The lowest BCUT2D eigenvalue weighted by Crippen LogP contribution is -2.14. The summed E-state index contributed by atoms with van der Waals surface area (Å²) in [5, 5.41) is 19.6. The molecule has 1 heterocycles. The number of nitrogens with one attached hydrogen (secondary N) is 2. The van der Waals surface area contributed by atoms with E-state index in [4.69, 9.17) is 21.6 Å². The van der Waals surface area contributed by atoms with Crippen molar-refractivity contribution in [2.45, 2.75) is 18.7 Å². The van der Waals surface area contributed by atoms with Crippen LogP contribution in [0, 0.1) is 18.3 Å². The van der Waals surface area contributed by atoms with Gasteiger partial charge in [-0.3, -0.25) is 9.89 Å². The van der Waals surface area contributed by atoms with E-state index >= 15 is 0 Å². The summed E-state index contributed by atoms with van der Waals surface area (Å²) in [7, 11) is 0. The molecule has 0 spiro atoms. The van der Waals surface area contributed by atoms with Gasteiger partial charge in [0.05, 0.1) is 17.4 Å². The van der Waals surface area contributed by atoms with Crippen LogP contribution >= 0.6 is 23.4 Å². The van der Waals surface area contributed by atoms with Gasteiger partial charge in [-0.2, -0.15) is 5.26 Å². The first-order valence-corrected chi connectivity index (χ1v) is 9.63. The summed E-state index contributed by atoms with van der Waals surface area (Å²) in [6.45, 7) is 2.14. The summed E-state index contributed by atoms with van der Waals surface area (Å²) in [5.41, 5.74) is 1.99. The van der Waals surface area contributed by atoms with E-state index in [9.17, 15) is 4.79 Å². The quantitative estimate of drug-likeness (QED) is 0.568. The van der Waals surface area contributed by atoms with Gasteiger partial charge in [0.15, 0.2) is 5.82 Å². The van der Waals surface area contributed by atoms with Crippen LogP contribution in [0.1, 0.15) is 17.0 Å². The summed E-state index contributed by atoms with van der Waals surface area (Å²) < 4.78 is 5.71. The molecule has 0 bridgehead atoms. The average Bonchev–Trinajstić information content (AvgIpc) is 3.14. The van der Waals surface area contributed by atoms with Gasteiger partial charge < -0.3 is 10.1 Å². The van der Waals surface area contributed by atoms with Gasteiger partial charge in [0, 0.05) is 10.7 Å². The Morgan fingerprint density at radius 3 is 3.00 bits per heavy atom. The van der Waals surface area contributed by atoms with Crippen molar-refractivity contribution in [3.63, 3.8) is 0 Å². The number of ether oxygens (including phenoxy) is 1. The molecule has 7 nitrogen and oxygen atoms in total. The minimum Gasteiger partial charge on any atom is -0.485 e. The van der Waals surface area contributed by atoms with Crippen molar-refractivity contribution in [3.05, 3.63) is 64.4 Å². The van der Waals surface area contributed by atoms with Crippen LogP contribution in [0.2, 0.25) is 5.02 Å². The number of carbonyl (C=O) groups is 1. The van der Waals surface area contributed by atoms with Gasteiger partial charge in [-0.15, -0.1) is 5.10 Å². The summed E-state index contributed by atoms with van der Waals surface area (Å²) in [4.78, 5) is 16.4. The standard InChI is InChI=1S/C19H16ClN5O2S/c1-12-7-14(20)5-6-16(12)27-10-17-23-19(25-24-17)28-11-18(26)22-15-4-2-3-13(8-15)9-21/h2-8H,10-11H2,1H3,(H,22,26)(H,23,24,25). The Labute approximate surface area is 171 Å². The molecular formula is C19H16ClN5O2S. The molecule has 2 N–H and O–H groups in total. The lowest BCUT2D eigenvalue weighted by atomic mass is 10.2. The SMILES string of the molecule is Cc1cc(Cl)ccc1OCc1nc(SCC(=O)Nc2cccc(C#N)c2)n[nH]1. The van der Waals surface area contributed by atoms with Crippen molar-refractivity contribution in [3.8, 4) is 11.8 Å². The average molecular weight is 414 g/mol. The normalized spacial score (nSPS) is 10.3. The highest BCUT2D eigenvalue weighted by molar-refractivity contribution is 7.99. The molecule has 0 aliphatic heterocycles. The number of nitrogens with zero attached hydrogens (tertiary/aromatic N) is 3.